The molecule has 0 fully saturated rings. The van der Waals surface area contributed by atoms with Crippen LogP contribution in [0.5, 0.6) is 0 Å². The van der Waals surface area contributed by atoms with E-state index in [-0.39, 0.29) is 5.41 Å². The number of carboxylic acids is 1. The van der Waals surface area contributed by atoms with Gasteiger partial charge in [-0.3, -0.25) is 0 Å². The van der Waals surface area contributed by atoms with Crippen LogP contribution >= 0.6 is 0 Å². The maximum atomic E-state index is 11.0. The zero-order chi connectivity index (χ0) is 19.1. The molecule has 0 unspecified atom stereocenters. The van der Waals surface area contributed by atoms with Crippen molar-refractivity contribution in [2.75, 3.05) is 0 Å². The summed E-state index contributed by atoms with van der Waals surface area (Å²) in [6.07, 6.45) is 3.44. The van der Waals surface area contributed by atoms with Gasteiger partial charge in [-0.1, -0.05) is 64.6 Å². The molecule has 0 aliphatic heterocycles. The average molecular weight is 346 g/mol. The van der Waals surface area contributed by atoms with E-state index in [1.807, 2.05) is 12.1 Å². The van der Waals surface area contributed by atoms with E-state index in [0.29, 0.717) is 11.5 Å². The minimum Gasteiger partial charge on any atom is -0.478 e. The van der Waals surface area contributed by atoms with Gasteiger partial charge in [-0.2, -0.15) is 0 Å². The lowest BCUT2D eigenvalue weighted by atomic mass is 9.71. The van der Waals surface area contributed by atoms with Crippen molar-refractivity contribution >= 4 is 17.1 Å². The molecule has 1 aliphatic rings. The van der Waals surface area contributed by atoms with Crippen LogP contribution in [0.15, 0.2) is 55.1 Å². The molecular weight excluding hydrogens is 320 g/mol. The monoisotopic (exact) mass is 346 g/mol. The molecule has 0 spiro atoms. The van der Waals surface area contributed by atoms with Crippen molar-refractivity contribution in [2.45, 2.75) is 39.5 Å². The highest BCUT2D eigenvalue weighted by Gasteiger charge is 2.29. The first kappa shape index (κ1) is 18.2. The van der Waals surface area contributed by atoms with Gasteiger partial charge < -0.3 is 5.11 Å². The van der Waals surface area contributed by atoms with Crippen LogP contribution in [-0.2, 0) is 5.41 Å². The smallest absolute Gasteiger partial charge is 0.335 e. The second kappa shape index (κ2) is 6.60. The van der Waals surface area contributed by atoms with E-state index in [2.05, 4.69) is 58.5 Å². The minimum absolute atomic E-state index is 0.136. The molecule has 2 aromatic carbocycles. The number of hydrogen-bond donors (Lipinski definition) is 1. The van der Waals surface area contributed by atoms with Gasteiger partial charge in [0.05, 0.1) is 5.56 Å². The van der Waals surface area contributed by atoms with Crippen LogP contribution in [0.3, 0.4) is 0 Å². The molecule has 0 heterocycles. The number of hydrogen-bond acceptors (Lipinski definition) is 1. The highest BCUT2D eigenvalue weighted by Crippen LogP contribution is 2.42. The molecule has 0 radical (unpaired) electrons. The Morgan fingerprint density at radius 2 is 1.62 bits per heavy atom. The third-order valence-corrected chi connectivity index (χ3v) is 5.34. The first-order chi connectivity index (χ1) is 12.2. The van der Waals surface area contributed by atoms with Crippen molar-refractivity contribution in [1.82, 2.24) is 0 Å². The predicted octanol–water partition coefficient (Wildman–Crippen LogP) is 6.17. The van der Waals surface area contributed by atoms with Crippen molar-refractivity contribution in [3.05, 3.63) is 82.9 Å². The second-order valence-corrected chi connectivity index (χ2v) is 8.02. The number of fused-ring (bicyclic) bond motifs is 1. The van der Waals surface area contributed by atoms with Gasteiger partial charge in [0.2, 0.25) is 0 Å². The summed E-state index contributed by atoms with van der Waals surface area (Å²) in [4.78, 5) is 11.0. The minimum atomic E-state index is -0.912. The molecule has 0 bridgehead atoms. The van der Waals surface area contributed by atoms with E-state index < -0.39 is 5.97 Å². The van der Waals surface area contributed by atoms with E-state index in [1.165, 1.54) is 16.7 Å². The Kier molecular flexibility index (Phi) is 4.62. The van der Waals surface area contributed by atoms with Crippen molar-refractivity contribution in [3.8, 4) is 0 Å². The van der Waals surface area contributed by atoms with Gasteiger partial charge in [0, 0.05) is 0 Å². The molecule has 0 aromatic heterocycles. The largest absolute Gasteiger partial charge is 0.478 e. The van der Waals surface area contributed by atoms with Crippen LogP contribution in [0.4, 0.5) is 0 Å². The van der Waals surface area contributed by atoms with Gasteiger partial charge in [0.15, 0.2) is 0 Å². The van der Waals surface area contributed by atoms with Gasteiger partial charge in [0.1, 0.15) is 0 Å². The summed E-state index contributed by atoms with van der Waals surface area (Å²) >= 11 is 0. The Hall–Kier alpha value is -2.61. The summed E-state index contributed by atoms with van der Waals surface area (Å²) < 4.78 is 0. The molecule has 26 heavy (non-hydrogen) atoms. The van der Waals surface area contributed by atoms with Crippen molar-refractivity contribution in [2.24, 2.45) is 5.92 Å². The molecule has 3 rings (SSSR count). The summed E-state index contributed by atoms with van der Waals surface area (Å²) in [6.45, 7) is 13.3. The molecular formula is C24H26O2. The Balaban J connectivity index is 2.02. The SMILES string of the molecule is C=C(c1ccc(C(=O)O)cc1)c1ccc2c(c1)C(C(C)C)=CCC2(C)C. The molecule has 0 atom stereocenters. The Morgan fingerprint density at radius 3 is 2.19 bits per heavy atom. The average Bonchev–Trinajstić information content (AvgIpc) is 2.60. The predicted molar refractivity (Wildman–Crippen MR) is 108 cm³/mol. The number of carboxylic acid groups (broad SMARTS) is 1. The summed E-state index contributed by atoms with van der Waals surface area (Å²) in [5.74, 6) is -0.437. The number of carbonyl (C=O) groups is 1. The van der Waals surface area contributed by atoms with Crippen molar-refractivity contribution in [3.63, 3.8) is 0 Å². The van der Waals surface area contributed by atoms with E-state index in [4.69, 9.17) is 5.11 Å². The number of benzene rings is 2. The third kappa shape index (κ3) is 3.24. The molecule has 134 valence electrons. The maximum Gasteiger partial charge on any atom is 0.335 e. The van der Waals surface area contributed by atoms with Crippen LogP contribution < -0.4 is 0 Å². The quantitative estimate of drug-likeness (QED) is 0.719. The fourth-order valence-electron chi connectivity index (χ4n) is 3.67. The fraction of sp³-hybridized carbons (Fsp3) is 0.292. The third-order valence-electron chi connectivity index (χ3n) is 5.34. The number of allylic oxidation sites excluding steroid dienone is 2. The summed E-state index contributed by atoms with van der Waals surface area (Å²) in [5.41, 5.74) is 7.47. The zero-order valence-corrected chi connectivity index (χ0v) is 16.0. The highest BCUT2D eigenvalue weighted by molar-refractivity contribution is 5.89. The van der Waals surface area contributed by atoms with Crippen LogP contribution in [-0.4, -0.2) is 11.1 Å². The van der Waals surface area contributed by atoms with Gasteiger partial charge >= 0.3 is 5.97 Å². The molecule has 2 nitrogen and oxygen atoms in total. The lowest BCUT2D eigenvalue weighted by molar-refractivity contribution is 0.0697. The number of aromatic carboxylic acids is 1. The lowest BCUT2D eigenvalue weighted by Crippen LogP contribution is -2.22. The molecule has 0 saturated carbocycles. The molecule has 0 amide bonds. The van der Waals surface area contributed by atoms with Gasteiger partial charge in [-0.15, -0.1) is 0 Å². The van der Waals surface area contributed by atoms with E-state index in [0.717, 1.165) is 23.1 Å². The van der Waals surface area contributed by atoms with Gasteiger partial charge in [-0.25, -0.2) is 4.79 Å². The molecule has 1 aliphatic carbocycles. The van der Waals surface area contributed by atoms with E-state index in [9.17, 15) is 4.79 Å². The summed E-state index contributed by atoms with van der Waals surface area (Å²) in [6, 6.07) is 13.5. The molecule has 2 aromatic rings. The van der Waals surface area contributed by atoms with Crippen molar-refractivity contribution < 1.29 is 9.90 Å². The molecule has 1 N–H and O–H groups in total. The zero-order valence-electron chi connectivity index (χ0n) is 16.0. The first-order valence-electron chi connectivity index (χ1n) is 9.08. The fourth-order valence-corrected chi connectivity index (χ4v) is 3.67. The van der Waals surface area contributed by atoms with Crippen molar-refractivity contribution in [1.29, 1.82) is 0 Å². The number of rotatable bonds is 4. The molecule has 0 saturated heterocycles. The standard InChI is InChI=1S/C24H26O2/c1-15(2)20-12-13-24(4,5)22-11-10-19(14-21(20)22)16(3)17-6-8-18(9-7-17)23(25)26/h6-12,14-15H,3,13H2,1-2,4-5H3,(H,25,26). The van der Waals surface area contributed by atoms with Gasteiger partial charge in [0.25, 0.3) is 0 Å². The Labute approximate surface area is 155 Å². The van der Waals surface area contributed by atoms with E-state index in [1.54, 1.807) is 12.1 Å². The summed E-state index contributed by atoms with van der Waals surface area (Å²) in [7, 11) is 0. The second-order valence-electron chi connectivity index (χ2n) is 8.02. The Morgan fingerprint density at radius 1 is 1.04 bits per heavy atom. The van der Waals surface area contributed by atoms with E-state index >= 15 is 0 Å². The Bertz CT molecular complexity index is 896. The maximum absolute atomic E-state index is 11.0. The first-order valence-corrected chi connectivity index (χ1v) is 9.08. The topological polar surface area (TPSA) is 37.3 Å². The lowest BCUT2D eigenvalue weighted by Gasteiger charge is -2.34. The van der Waals surface area contributed by atoms with Crippen LogP contribution in [0, 0.1) is 5.92 Å². The van der Waals surface area contributed by atoms with Crippen LogP contribution in [0.2, 0.25) is 0 Å². The van der Waals surface area contributed by atoms with Crippen LogP contribution in [0.1, 0.15) is 66.7 Å². The van der Waals surface area contributed by atoms with Crippen LogP contribution in [0.25, 0.3) is 11.1 Å². The summed E-state index contributed by atoms with van der Waals surface area (Å²) in [5, 5.41) is 9.07. The highest BCUT2D eigenvalue weighted by atomic mass is 16.4. The molecule has 2 heteroatoms. The van der Waals surface area contributed by atoms with Gasteiger partial charge in [-0.05, 0) is 69.4 Å². The normalized spacial score (nSPS) is 15.3.